The molecule has 6 nitrogen and oxygen atoms in total. The van der Waals surface area contributed by atoms with Crippen LogP contribution in [0.15, 0.2) is 53.4 Å². The summed E-state index contributed by atoms with van der Waals surface area (Å²) >= 11 is 0. The van der Waals surface area contributed by atoms with Crippen molar-refractivity contribution in [3.63, 3.8) is 0 Å². The van der Waals surface area contributed by atoms with Gasteiger partial charge in [-0.3, -0.25) is 4.79 Å². The Morgan fingerprint density at radius 2 is 1.71 bits per heavy atom. The molecule has 0 radical (unpaired) electrons. The van der Waals surface area contributed by atoms with Crippen LogP contribution in [0.2, 0.25) is 0 Å². The van der Waals surface area contributed by atoms with Gasteiger partial charge in [0.1, 0.15) is 0 Å². The number of carbonyl (C=O) groups excluding carboxylic acids is 1. The summed E-state index contributed by atoms with van der Waals surface area (Å²) in [6, 6.07) is 12.7. The molecule has 0 aromatic heterocycles. The van der Waals surface area contributed by atoms with Gasteiger partial charge < -0.3 is 10.6 Å². The second-order valence-corrected chi connectivity index (χ2v) is 5.92. The topological polar surface area (TPSA) is 101 Å². The Balaban J connectivity index is 2.19. The molecule has 2 aromatic rings. The number of carbonyl (C=O) groups is 1. The summed E-state index contributed by atoms with van der Waals surface area (Å²) in [4.78, 5) is 12.0. The van der Waals surface area contributed by atoms with Gasteiger partial charge >= 0.3 is 0 Å². The second kappa shape index (κ2) is 5.94. The van der Waals surface area contributed by atoms with Crippen LogP contribution in [-0.4, -0.2) is 21.4 Å². The number of rotatable bonds is 4. The standard InChI is InChI=1S/C14H15N3O3S/c1-16-11-7-5-10(6-8-11)14(18)17-12-3-2-4-13(9-12)21(15,19)20/h2-9,16H,1H3,(H,17,18)(H2,15,19,20). The van der Waals surface area contributed by atoms with Gasteiger partial charge in [0.2, 0.25) is 10.0 Å². The highest BCUT2D eigenvalue weighted by molar-refractivity contribution is 7.89. The lowest BCUT2D eigenvalue weighted by Crippen LogP contribution is -2.14. The van der Waals surface area contributed by atoms with Gasteiger partial charge in [-0.2, -0.15) is 0 Å². The Labute approximate surface area is 123 Å². The minimum Gasteiger partial charge on any atom is -0.388 e. The largest absolute Gasteiger partial charge is 0.388 e. The SMILES string of the molecule is CNc1ccc(C(=O)Nc2cccc(S(N)(=O)=O)c2)cc1. The molecule has 0 aliphatic carbocycles. The van der Waals surface area contributed by atoms with Crippen molar-refractivity contribution in [3.8, 4) is 0 Å². The first-order valence-corrected chi connectivity index (χ1v) is 7.67. The van der Waals surface area contributed by atoms with E-state index in [1.165, 1.54) is 18.2 Å². The fourth-order valence-electron chi connectivity index (χ4n) is 1.74. The van der Waals surface area contributed by atoms with E-state index in [1.54, 1.807) is 37.4 Å². The number of primary sulfonamides is 1. The van der Waals surface area contributed by atoms with Crippen molar-refractivity contribution in [2.24, 2.45) is 5.14 Å². The van der Waals surface area contributed by atoms with E-state index >= 15 is 0 Å². The van der Waals surface area contributed by atoms with E-state index in [4.69, 9.17) is 5.14 Å². The fourth-order valence-corrected chi connectivity index (χ4v) is 2.30. The van der Waals surface area contributed by atoms with Crippen LogP contribution < -0.4 is 15.8 Å². The van der Waals surface area contributed by atoms with Crippen molar-refractivity contribution >= 4 is 27.3 Å². The summed E-state index contributed by atoms with van der Waals surface area (Å²) in [7, 11) is -2.01. The van der Waals surface area contributed by atoms with E-state index in [2.05, 4.69) is 10.6 Å². The zero-order valence-corrected chi connectivity index (χ0v) is 12.1. The van der Waals surface area contributed by atoms with Crippen LogP contribution in [0.4, 0.5) is 11.4 Å². The van der Waals surface area contributed by atoms with Crippen molar-refractivity contribution in [3.05, 3.63) is 54.1 Å². The third kappa shape index (κ3) is 3.80. The highest BCUT2D eigenvalue weighted by Gasteiger charge is 2.10. The van der Waals surface area contributed by atoms with Crippen molar-refractivity contribution in [1.82, 2.24) is 0 Å². The van der Waals surface area contributed by atoms with Gasteiger partial charge in [-0.15, -0.1) is 0 Å². The lowest BCUT2D eigenvalue weighted by Gasteiger charge is -2.07. The van der Waals surface area contributed by atoms with Crippen molar-refractivity contribution in [2.75, 3.05) is 17.7 Å². The molecule has 110 valence electrons. The Morgan fingerprint density at radius 1 is 1.05 bits per heavy atom. The van der Waals surface area contributed by atoms with E-state index in [0.717, 1.165) is 5.69 Å². The average molecular weight is 305 g/mol. The number of nitrogens with two attached hydrogens (primary N) is 1. The molecule has 0 spiro atoms. The van der Waals surface area contributed by atoms with Gasteiger partial charge in [-0.1, -0.05) is 6.07 Å². The fraction of sp³-hybridized carbons (Fsp3) is 0.0714. The van der Waals surface area contributed by atoms with Crippen LogP contribution >= 0.6 is 0 Å². The van der Waals surface area contributed by atoms with Gasteiger partial charge in [-0.05, 0) is 42.5 Å². The Morgan fingerprint density at radius 3 is 2.29 bits per heavy atom. The lowest BCUT2D eigenvalue weighted by atomic mass is 10.2. The Hall–Kier alpha value is -2.38. The third-order valence-corrected chi connectivity index (χ3v) is 3.77. The summed E-state index contributed by atoms with van der Waals surface area (Å²) in [5, 5.41) is 10.6. The molecule has 7 heteroatoms. The van der Waals surface area contributed by atoms with Crippen molar-refractivity contribution in [2.45, 2.75) is 4.90 Å². The molecule has 0 bridgehead atoms. The molecule has 0 fully saturated rings. The molecule has 0 unspecified atom stereocenters. The maximum atomic E-state index is 12.1. The van der Waals surface area contributed by atoms with Crippen LogP contribution in [-0.2, 0) is 10.0 Å². The van der Waals surface area contributed by atoms with Crippen LogP contribution in [0.25, 0.3) is 0 Å². The Bertz CT molecular complexity index is 755. The molecule has 1 amide bonds. The molecule has 0 atom stereocenters. The molecule has 2 rings (SSSR count). The Kier molecular flexibility index (Phi) is 4.25. The number of nitrogens with one attached hydrogen (secondary N) is 2. The smallest absolute Gasteiger partial charge is 0.255 e. The molecule has 21 heavy (non-hydrogen) atoms. The lowest BCUT2D eigenvalue weighted by molar-refractivity contribution is 0.102. The van der Waals surface area contributed by atoms with Crippen molar-refractivity contribution in [1.29, 1.82) is 0 Å². The monoisotopic (exact) mass is 305 g/mol. The van der Waals surface area contributed by atoms with E-state index in [0.29, 0.717) is 11.3 Å². The molecule has 0 saturated heterocycles. The van der Waals surface area contributed by atoms with Gasteiger partial charge in [0, 0.05) is 24.0 Å². The average Bonchev–Trinajstić information content (AvgIpc) is 2.47. The minimum atomic E-state index is -3.79. The third-order valence-electron chi connectivity index (χ3n) is 2.86. The molecule has 4 N–H and O–H groups in total. The molecule has 0 aliphatic rings. The molecule has 0 aliphatic heterocycles. The first kappa shape index (κ1) is 15.0. The van der Waals surface area contributed by atoms with Gasteiger partial charge in [0.25, 0.3) is 5.91 Å². The summed E-state index contributed by atoms with van der Waals surface area (Å²) in [5.41, 5.74) is 1.72. The number of sulfonamides is 1. The highest BCUT2D eigenvalue weighted by atomic mass is 32.2. The number of amides is 1. The predicted molar refractivity (Wildman–Crippen MR) is 81.8 cm³/mol. The van der Waals surface area contributed by atoms with E-state index in [-0.39, 0.29) is 10.8 Å². The molecule has 2 aromatic carbocycles. The quantitative estimate of drug-likeness (QED) is 0.799. The van der Waals surface area contributed by atoms with Crippen LogP contribution in [0.1, 0.15) is 10.4 Å². The van der Waals surface area contributed by atoms with E-state index in [9.17, 15) is 13.2 Å². The number of anilines is 2. The van der Waals surface area contributed by atoms with Gasteiger partial charge in [0.15, 0.2) is 0 Å². The number of hydrogen-bond acceptors (Lipinski definition) is 4. The molecular weight excluding hydrogens is 290 g/mol. The highest BCUT2D eigenvalue weighted by Crippen LogP contribution is 2.16. The summed E-state index contributed by atoms with van der Waals surface area (Å²) in [6.07, 6.45) is 0. The normalized spacial score (nSPS) is 11.0. The molecule has 0 saturated carbocycles. The van der Waals surface area contributed by atoms with Crippen LogP contribution in [0.5, 0.6) is 0 Å². The van der Waals surface area contributed by atoms with Gasteiger partial charge in [-0.25, -0.2) is 13.6 Å². The zero-order chi connectivity index (χ0) is 15.5. The molecular formula is C14H15N3O3S. The summed E-state index contributed by atoms with van der Waals surface area (Å²) in [6.45, 7) is 0. The predicted octanol–water partition coefficient (Wildman–Crippen LogP) is 1.63. The van der Waals surface area contributed by atoms with E-state index in [1.807, 2.05) is 0 Å². The maximum Gasteiger partial charge on any atom is 0.255 e. The first-order chi connectivity index (χ1) is 9.90. The van der Waals surface area contributed by atoms with Gasteiger partial charge in [0.05, 0.1) is 4.90 Å². The van der Waals surface area contributed by atoms with Crippen molar-refractivity contribution < 1.29 is 13.2 Å². The summed E-state index contributed by atoms with van der Waals surface area (Å²) < 4.78 is 22.5. The summed E-state index contributed by atoms with van der Waals surface area (Å²) in [5.74, 6) is -0.329. The van der Waals surface area contributed by atoms with Crippen LogP contribution in [0.3, 0.4) is 0 Å². The number of hydrogen-bond donors (Lipinski definition) is 3. The van der Waals surface area contributed by atoms with Crippen LogP contribution in [0, 0.1) is 0 Å². The second-order valence-electron chi connectivity index (χ2n) is 4.35. The zero-order valence-electron chi connectivity index (χ0n) is 11.3. The maximum absolute atomic E-state index is 12.1. The number of benzene rings is 2. The van der Waals surface area contributed by atoms with E-state index < -0.39 is 10.0 Å². The minimum absolute atomic E-state index is 0.0502. The first-order valence-electron chi connectivity index (χ1n) is 6.12. The molecule has 0 heterocycles.